The molecule has 0 aromatic heterocycles. The number of ether oxygens (including phenoxy) is 1. The molecule has 1 atom stereocenters. The molecule has 19 heavy (non-hydrogen) atoms. The maximum atomic E-state index is 11.0. The van der Waals surface area contributed by atoms with Crippen LogP contribution in [0.25, 0.3) is 0 Å². The molecular formula is C13H16N2O4. The summed E-state index contributed by atoms with van der Waals surface area (Å²) < 4.78 is 5.16. The van der Waals surface area contributed by atoms with E-state index in [0.29, 0.717) is 31.8 Å². The molecule has 1 aromatic carbocycles. The third kappa shape index (κ3) is 3.52. The normalized spacial score (nSPS) is 20.1. The van der Waals surface area contributed by atoms with Gasteiger partial charge in [0.25, 0.3) is 0 Å². The van der Waals surface area contributed by atoms with E-state index < -0.39 is 18.0 Å². The van der Waals surface area contributed by atoms with Crippen LogP contribution in [-0.4, -0.2) is 47.7 Å². The minimum Gasteiger partial charge on any atom is -0.479 e. The van der Waals surface area contributed by atoms with Crippen molar-refractivity contribution in [2.75, 3.05) is 19.7 Å². The number of nitrogens with zero attached hydrogens (tertiary/aromatic N) is 1. The zero-order chi connectivity index (χ0) is 13.8. The largest absolute Gasteiger partial charge is 0.479 e. The molecule has 3 N–H and O–H groups in total. The Kier molecular flexibility index (Phi) is 4.13. The summed E-state index contributed by atoms with van der Waals surface area (Å²) in [6.45, 7) is 2.11. The zero-order valence-electron chi connectivity index (χ0n) is 10.4. The van der Waals surface area contributed by atoms with Gasteiger partial charge in [-0.1, -0.05) is 12.1 Å². The number of carbonyl (C=O) groups is 2. The Balaban J connectivity index is 1.96. The van der Waals surface area contributed by atoms with E-state index in [0.717, 1.165) is 5.56 Å². The van der Waals surface area contributed by atoms with E-state index in [9.17, 15) is 9.59 Å². The highest BCUT2D eigenvalue weighted by Gasteiger charge is 2.25. The van der Waals surface area contributed by atoms with Crippen LogP contribution in [0.5, 0.6) is 0 Å². The second-order valence-corrected chi connectivity index (χ2v) is 4.49. The number of morpholine rings is 1. The van der Waals surface area contributed by atoms with Gasteiger partial charge in [-0.05, 0) is 17.7 Å². The molecule has 1 saturated heterocycles. The molecule has 1 amide bonds. The van der Waals surface area contributed by atoms with Crippen molar-refractivity contribution in [1.29, 1.82) is 0 Å². The van der Waals surface area contributed by atoms with Gasteiger partial charge >= 0.3 is 5.97 Å². The molecule has 102 valence electrons. The lowest BCUT2D eigenvalue weighted by molar-refractivity contribution is -0.156. The quantitative estimate of drug-likeness (QED) is 0.802. The van der Waals surface area contributed by atoms with Crippen molar-refractivity contribution >= 4 is 11.9 Å². The van der Waals surface area contributed by atoms with Crippen molar-refractivity contribution in [3.05, 3.63) is 35.4 Å². The topological polar surface area (TPSA) is 92.9 Å². The molecule has 0 bridgehead atoms. The smallest absolute Gasteiger partial charge is 0.334 e. The zero-order valence-corrected chi connectivity index (χ0v) is 10.4. The number of hydrogen-bond acceptors (Lipinski definition) is 4. The predicted octanol–water partition coefficient (Wildman–Crippen LogP) is 0.0709. The minimum atomic E-state index is -0.936. The molecule has 1 aliphatic rings. The fraction of sp³-hybridized carbons (Fsp3) is 0.385. The van der Waals surface area contributed by atoms with Gasteiger partial charge in [0, 0.05) is 25.2 Å². The second-order valence-electron chi connectivity index (χ2n) is 4.49. The van der Waals surface area contributed by atoms with Crippen molar-refractivity contribution in [1.82, 2.24) is 4.90 Å². The Morgan fingerprint density at radius 3 is 2.63 bits per heavy atom. The summed E-state index contributed by atoms with van der Waals surface area (Å²) >= 11 is 0. The SMILES string of the molecule is NC(=O)c1ccc(CN2CCOC(C(=O)O)C2)cc1. The van der Waals surface area contributed by atoms with Gasteiger partial charge in [0.1, 0.15) is 0 Å². The van der Waals surface area contributed by atoms with Gasteiger partial charge in [0.2, 0.25) is 5.91 Å². The number of aliphatic carboxylic acids is 1. The Hall–Kier alpha value is -1.92. The lowest BCUT2D eigenvalue weighted by Crippen LogP contribution is -2.45. The highest BCUT2D eigenvalue weighted by Crippen LogP contribution is 2.11. The first-order chi connectivity index (χ1) is 9.06. The van der Waals surface area contributed by atoms with E-state index in [-0.39, 0.29) is 0 Å². The Bertz CT molecular complexity index is 472. The summed E-state index contributed by atoms with van der Waals surface area (Å²) in [7, 11) is 0. The molecule has 0 saturated carbocycles. The van der Waals surface area contributed by atoms with Gasteiger partial charge in [0.05, 0.1) is 6.61 Å². The first-order valence-corrected chi connectivity index (χ1v) is 6.02. The van der Waals surface area contributed by atoms with Crippen molar-refractivity contribution in [2.24, 2.45) is 5.73 Å². The average molecular weight is 264 g/mol. The van der Waals surface area contributed by atoms with E-state index in [1.807, 2.05) is 17.0 Å². The van der Waals surface area contributed by atoms with Crippen molar-refractivity contribution in [3.8, 4) is 0 Å². The molecule has 1 heterocycles. The third-order valence-corrected chi connectivity index (χ3v) is 3.07. The molecule has 0 spiro atoms. The third-order valence-electron chi connectivity index (χ3n) is 3.07. The van der Waals surface area contributed by atoms with Crippen LogP contribution < -0.4 is 5.73 Å². The van der Waals surface area contributed by atoms with Crippen molar-refractivity contribution in [2.45, 2.75) is 12.6 Å². The minimum absolute atomic E-state index is 0.368. The molecule has 6 nitrogen and oxygen atoms in total. The van der Waals surface area contributed by atoms with E-state index in [1.165, 1.54) is 0 Å². The predicted molar refractivity (Wildman–Crippen MR) is 67.6 cm³/mol. The maximum Gasteiger partial charge on any atom is 0.334 e. The first kappa shape index (κ1) is 13.5. The molecule has 2 rings (SSSR count). The number of carboxylic acids is 1. The van der Waals surface area contributed by atoms with Crippen LogP contribution in [0.15, 0.2) is 24.3 Å². The van der Waals surface area contributed by atoms with Gasteiger partial charge in [-0.25, -0.2) is 4.79 Å². The van der Waals surface area contributed by atoms with Crippen molar-refractivity contribution < 1.29 is 19.4 Å². The van der Waals surface area contributed by atoms with E-state index >= 15 is 0 Å². The standard InChI is InChI=1S/C13H16N2O4/c14-12(16)10-3-1-9(2-4-10)7-15-5-6-19-11(8-15)13(17)18/h1-4,11H,5-8H2,(H2,14,16)(H,17,18). The van der Waals surface area contributed by atoms with Crippen LogP contribution in [0, 0.1) is 0 Å². The van der Waals surface area contributed by atoms with Gasteiger partial charge in [-0.2, -0.15) is 0 Å². The van der Waals surface area contributed by atoms with Crippen molar-refractivity contribution in [3.63, 3.8) is 0 Å². The van der Waals surface area contributed by atoms with Gasteiger partial charge in [0.15, 0.2) is 6.10 Å². The molecule has 6 heteroatoms. The lowest BCUT2D eigenvalue weighted by Gasteiger charge is -2.30. The van der Waals surface area contributed by atoms with Crippen LogP contribution in [0.1, 0.15) is 15.9 Å². The fourth-order valence-corrected chi connectivity index (χ4v) is 2.03. The number of carboxylic acid groups (broad SMARTS) is 1. The number of hydrogen-bond donors (Lipinski definition) is 2. The van der Waals surface area contributed by atoms with Gasteiger partial charge in [-0.3, -0.25) is 9.69 Å². The van der Waals surface area contributed by atoms with Crippen LogP contribution in [0.4, 0.5) is 0 Å². The molecule has 1 fully saturated rings. The van der Waals surface area contributed by atoms with Crippen LogP contribution >= 0.6 is 0 Å². The molecule has 0 aliphatic carbocycles. The molecule has 1 aliphatic heterocycles. The van der Waals surface area contributed by atoms with Crippen LogP contribution in [0.2, 0.25) is 0 Å². The number of nitrogens with two attached hydrogens (primary N) is 1. The molecule has 1 aromatic rings. The van der Waals surface area contributed by atoms with Crippen LogP contribution in [0.3, 0.4) is 0 Å². The summed E-state index contributed by atoms with van der Waals surface area (Å²) in [5.74, 6) is -1.39. The Labute approximate surface area is 110 Å². The van der Waals surface area contributed by atoms with Crippen LogP contribution in [-0.2, 0) is 16.1 Å². The van der Waals surface area contributed by atoms with E-state index in [1.54, 1.807) is 12.1 Å². The highest BCUT2D eigenvalue weighted by molar-refractivity contribution is 5.92. The summed E-state index contributed by atoms with van der Waals surface area (Å²) in [4.78, 5) is 23.8. The average Bonchev–Trinajstić information content (AvgIpc) is 2.39. The fourth-order valence-electron chi connectivity index (χ4n) is 2.03. The van der Waals surface area contributed by atoms with Gasteiger partial charge < -0.3 is 15.6 Å². The highest BCUT2D eigenvalue weighted by atomic mass is 16.5. The number of amides is 1. The van der Waals surface area contributed by atoms with Gasteiger partial charge in [-0.15, -0.1) is 0 Å². The van der Waals surface area contributed by atoms with E-state index in [4.69, 9.17) is 15.6 Å². The first-order valence-electron chi connectivity index (χ1n) is 6.02. The Morgan fingerprint density at radius 2 is 2.05 bits per heavy atom. The molecule has 1 unspecified atom stereocenters. The molecular weight excluding hydrogens is 248 g/mol. The summed E-state index contributed by atoms with van der Waals surface area (Å²) in [6, 6.07) is 7.00. The number of carbonyl (C=O) groups excluding carboxylic acids is 1. The second kappa shape index (κ2) is 5.81. The maximum absolute atomic E-state index is 11.0. The number of rotatable bonds is 4. The summed E-state index contributed by atoms with van der Waals surface area (Å²) in [5.41, 5.74) is 6.65. The lowest BCUT2D eigenvalue weighted by atomic mass is 10.1. The monoisotopic (exact) mass is 264 g/mol. The summed E-state index contributed by atoms with van der Waals surface area (Å²) in [6.07, 6.45) is -0.765. The molecule has 0 radical (unpaired) electrons. The summed E-state index contributed by atoms with van der Waals surface area (Å²) in [5, 5.41) is 8.92. The Morgan fingerprint density at radius 1 is 1.37 bits per heavy atom. The number of benzene rings is 1. The van der Waals surface area contributed by atoms with E-state index in [2.05, 4.69) is 0 Å². The number of primary amides is 1.